The summed E-state index contributed by atoms with van der Waals surface area (Å²) in [7, 11) is 0. The molecule has 0 aliphatic heterocycles. The first kappa shape index (κ1) is 6.14. The zero-order valence-corrected chi connectivity index (χ0v) is 3.81. The van der Waals surface area contributed by atoms with Crippen LogP contribution in [0.5, 0.6) is 0 Å². The van der Waals surface area contributed by atoms with Gasteiger partial charge in [0.1, 0.15) is 0 Å². The fraction of sp³-hybridized carbons (Fsp3) is 0.250. The van der Waals surface area contributed by atoms with Gasteiger partial charge in [-0.2, -0.15) is 4.39 Å². The summed E-state index contributed by atoms with van der Waals surface area (Å²) in [6.45, 7) is 1.32. The third kappa shape index (κ3) is 1.92. The van der Waals surface area contributed by atoms with E-state index in [1.54, 1.807) is 0 Å². The zero-order valence-electron chi connectivity index (χ0n) is 3.81. The van der Waals surface area contributed by atoms with Gasteiger partial charge in [-0.1, -0.05) is 0 Å². The molecular weight excluding hydrogens is 99.0 g/mol. The normalized spacial score (nSPS) is 11.4. The number of halogens is 1. The van der Waals surface area contributed by atoms with Crippen molar-refractivity contribution in [3.05, 3.63) is 11.9 Å². The molecule has 0 rings (SSSR count). The second-order valence-corrected chi connectivity index (χ2v) is 0.942. The van der Waals surface area contributed by atoms with Gasteiger partial charge < -0.3 is 5.11 Å². The number of hydrogen-bond acceptors (Lipinski definition) is 1. The Morgan fingerprint density at radius 1 is 1.86 bits per heavy atom. The van der Waals surface area contributed by atoms with Crippen molar-refractivity contribution in [1.29, 1.82) is 0 Å². The molecule has 0 radical (unpaired) electrons. The van der Waals surface area contributed by atoms with Crippen molar-refractivity contribution < 1.29 is 14.3 Å². The minimum Gasteiger partial charge on any atom is -0.476 e. The summed E-state index contributed by atoms with van der Waals surface area (Å²) < 4.78 is 11.5. The van der Waals surface area contributed by atoms with Gasteiger partial charge >= 0.3 is 5.97 Å². The van der Waals surface area contributed by atoms with Crippen LogP contribution in [0.3, 0.4) is 0 Å². The van der Waals surface area contributed by atoms with Crippen LogP contribution in [0.2, 0.25) is 0 Å². The number of hydrogen-bond donors (Lipinski definition) is 1. The van der Waals surface area contributed by atoms with Gasteiger partial charge in [0, 0.05) is 0 Å². The van der Waals surface area contributed by atoms with Gasteiger partial charge in [-0.3, -0.25) is 0 Å². The van der Waals surface area contributed by atoms with Gasteiger partial charge in [-0.25, -0.2) is 4.79 Å². The molecule has 0 spiro atoms. The van der Waals surface area contributed by atoms with E-state index in [0.29, 0.717) is 0 Å². The van der Waals surface area contributed by atoms with Crippen LogP contribution in [0.4, 0.5) is 4.39 Å². The summed E-state index contributed by atoms with van der Waals surface area (Å²) in [5.74, 6) is -2.62. The average Bonchev–Trinajstić information content (AvgIpc) is 1.65. The van der Waals surface area contributed by atoms with Crippen LogP contribution in [0.25, 0.3) is 0 Å². The van der Waals surface area contributed by atoms with E-state index in [-0.39, 0.29) is 0 Å². The molecule has 0 aromatic heterocycles. The lowest BCUT2D eigenvalue weighted by Crippen LogP contribution is -1.92. The minimum absolute atomic E-state index is 0.891. The van der Waals surface area contributed by atoms with E-state index in [1.807, 2.05) is 0 Å². The van der Waals surface area contributed by atoms with Crippen molar-refractivity contribution in [2.24, 2.45) is 0 Å². The highest BCUT2D eigenvalue weighted by Gasteiger charge is 1.99. The van der Waals surface area contributed by atoms with Gasteiger partial charge in [0.25, 0.3) is 0 Å². The van der Waals surface area contributed by atoms with Crippen molar-refractivity contribution in [3.63, 3.8) is 0 Å². The topological polar surface area (TPSA) is 37.3 Å². The van der Waals surface area contributed by atoms with Crippen LogP contribution >= 0.6 is 0 Å². The van der Waals surface area contributed by atoms with Crippen molar-refractivity contribution in [2.75, 3.05) is 0 Å². The molecule has 7 heavy (non-hydrogen) atoms. The SMILES string of the molecule is C/C=C(\F)C(=O)O. The largest absolute Gasteiger partial charge is 0.476 e. The summed E-state index contributed by atoms with van der Waals surface area (Å²) in [5, 5.41) is 7.74. The van der Waals surface area contributed by atoms with Gasteiger partial charge in [-0.15, -0.1) is 0 Å². The maximum absolute atomic E-state index is 11.5. The Hall–Kier alpha value is -0.860. The number of rotatable bonds is 1. The average molecular weight is 104 g/mol. The summed E-state index contributed by atoms with van der Waals surface area (Å²) in [4.78, 5) is 9.49. The fourth-order valence-electron chi connectivity index (χ4n) is 0.123. The molecule has 1 N–H and O–H groups in total. The lowest BCUT2D eigenvalue weighted by Gasteiger charge is -1.79. The number of carbonyl (C=O) groups is 1. The number of carboxylic acid groups (broad SMARTS) is 1. The third-order valence-electron chi connectivity index (χ3n) is 0.458. The molecule has 3 heteroatoms. The zero-order chi connectivity index (χ0) is 5.86. The van der Waals surface area contributed by atoms with Gasteiger partial charge in [0.2, 0.25) is 5.83 Å². The van der Waals surface area contributed by atoms with E-state index in [0.717, 1.165) is 6.08 Å². The molecule has 0 heterocycles. The molecule has 0 aliphatic carbocycles. The lowest BCUT2D eigenvalue weighted by atomic mass is 10.5. The number of allylic oxidation sites excluding steroid dienone is 1. The van der Waals surface area contributed by atoms with Crippen LogP contribution in [0.15, 0.2) is 11.9 Å². The monoisotopic (exact) mass is 104 g/mol. The minimum atomic E-state index is -1.51. The summed E-state index contributed by atoms with van der Waals surface area (Å²) in [6.07, 6.45) is 0.891. The fourth-order valence-corrected chi connectivity index (χ4v) is 0.123. The Bertz CT molecular complexity index is 106. The van der Waals surface area contributed by atoms with Gasteiger partial charge in [0.15, 0.2) is 0 Å². The lowest BCUT2D eigenvalue weighted by molar-refractivity contribution is -0.134. The van der Waals surface area contributed by atoms with Crippen molar-refractivity contribution in [3.8, 4) is 0 Å². The van der Waals surface area contributed by atoms with Crippen LogP contribution in [-0.2, 0) is 4.79 Å². The third-order valence-corrected chi connectivity index (χ3v) is 0.458. The van der Waals surface area contributed by atoms with E-state index < -0.39 is 11.8 Å². The van der Waals surface area contributed by atoms with Crippen molar-refractivity contribution >= 4 is 5.97 Å². The smallest absolute Gasteiger partial charge is 0.364 e. The molecule has 0 unspecified atom stereocenters. The van der Waals surface area contributed by atoms with E-state index >= 15 is 0 Å². The standard InChI is InChI=1S/C4H5FO2/c1-2-3(5)4(6)7/h2H,1H3,(H,6,7)/b3-2-. The molecule has 0 saturated heterocycles. The Balaban J connectivity index is 3.82. The second-order valence-electron chi connectivity index (χ2n) is 0.942. The predicted octanol–water partition coefficient (Wildman–Crippen LogP) is 0.944. The van der Waals surface area contributed by atoms with Gasteiger partial charge in [0.05, 0.1) is 0 Å². The first-order chi connectivity index (χ1) is 3.18. The quantitative estimate of drug-likeness (QED) is 0.503. The first-order valence-electron chi connectivity index (χ1n) is 1.73. The van der Waals surface area contributed by atoms with Crippen LogP contribution in [-0.4, -0.2) is 11.1 Å². The second kappa shape index (κ2) is 2.34. The molecule has 0 saturated carbocycles. The summed E-state index contributed by atoms with van der Waals surface area (Å²) >= 11 is 0. The molecule has 2 nitrogen and oxygen atoms in total. The first-order valence-corrected chi connectivity index (χ1v) is 1.73. The molecular formula is C4H5FO2. The Morgan fingerprint density at radius 3 is 2.29 bits per heavy atom. The van der Waals surface area contributed by atoms with E-state index in [9.17, 15) is 9.18 Å². The molecule has 0 atom stereocenters. The maximum Gasteiger partial charge on any atom is 0.364 e. The molecule has 0 bridgehead atoms. The van der Waals surface area contributed by atoms with Crippen molar-refractivity contribution in [1.82, 2.24) is 0 Å². The van der Waals surface area contributed by atoms with E-state index in [2.05, 4.69) is 0 Å². The molecule has 0 aromatic rings. The van der Waals surface area contributed by atoms with Crippen molar-refractivity contribution in [2.45, 2.75) is 6.92 Å². The molecule has 0 aliphatic rings. The molecule has 0 fully saturated rings. The maximum atomic E-state index is 11.5. The van der Waals surface area contributed by atoms with E-state index in [1.165, 1.54) is 6.92 Å². The highest BCUT2D eigenvalue weighted by Crippen LogP contribution is 1.92. The highest BCUT2D eigenvalue weighted by atomic mass is 19.1. The predicted molar refractivity (Wildman–Crippen MR) is 22.5 cm³/mol. The molecule has 40 valence electrons. The van der Waals surface area contributed by atoms with Crippen LogP contribution < -0.4 is 0 Å². The van der Waals surface area contributed by atoms with Crippen LogP contribution in [0.1, 0.15) is 6.92 Å². The number of aliphatic carboxylic acids is 1. The van der Waals surface area contributed by atoms with Gasteiger partial charge in [-0.05, 0) is 13.0 Å². The number of carboxylic acids is 1. The summed E-state index contributed by atoms with van der Waals surface area (Å²) in [5.41, 5.74) is 0. The van der Waals surface area contributed by atoms with E-state index in [4.69, 9.17) is 5.11 Å². The Morgan fingerprint density at radius 2 is 2.29 bits per heavy atom. The summed E-state index contributed by atoms with van der Waals surface area (Å²) in [6, 6.07) is 0. The molecule has 0 amide bonds. The highest BCUT2D eigenvalue weighted by molar-refractivity contribution is 5.83. The Kier molecular flexibility index (Phi) is 2.05. The molecule has 0 aromatic carbocycles. The Labute approximate surface area is 40.3 Å². The van der Waals surface area contributed by atoms with Crippen LogP contribution in [0, 0.1) is 0 Å².